The quantitative estimate of drug-likeness (QED) is 0.521. The summed E-state index contributed by atoms with van der Waals surface area (Å²) in [6.45, 7) is 4.39. The first-order valence-electron chi connectivity index (χ1n) is 4.43. The predicted molar refractivity (Wildman–Crippen MR) is 59.9 cm³/mol. The van der Waals surface area contributed by atoms with E-state index in [-0.39, 0.29) is 0 Å². The average Bonchev–Trinajstić information content (AvgIpc) is 2.60. The maximum Gasteiger partial charge on any atom is 0.0392 e. The van der Waals surface area contributed by atoms with E-state index < -0.39 is 0 Å². The van der Waals surface area contributed by atoms with Crippen molar-refractivity contribution in [2.75, 3.05) is 0 Å². The Kier molecular flexibility index (Phi) is 1.47. The Hall–Kier alpha value is -0.600. The summed E-state index contributed by atoms with van der Waals surface area (Å²) in [5, 5.41) is 0. The number of aryl methyl sites for hydroxylation is 2. The van der Waals surface area contributed by atoms with Gasteiger partial charge in [0.25, 0.3) is 0 Å². The van der Waals surface area contributed by atoms with E-state index in [0.717, 1.165) is 0 Å². The van der Waals surface area contributed by atoms with Crippen molar-refractivity contribution in [3.63, 3.8) is 0 Å². The minimum atomic E-state index is 1.17. The standard InChI is InChI=1S/C11H10S2/c1-6-3-8-5-10-9(11(8)13-6)4-7(2)12-10/h3-4H,5H2,1-2H3. The Bertz CT molecular complexity index is 430. The van der Waals surface area contributed by atoms with Gasteiger partial charge in [-0.3, -0.25) is 0 Å². The average molecular weight is 206 g/mol. The lowest BCUT2D eigenvalue weighted by Gasteiger charge is -1.86. The van der Waals surface area contributed by atoms with Crippen LogP contribution in [0.25, 0.3) is 10.4 Å². The second-order valence-electron chi connectivity index (χ2n) is 3.58. The first kappa shape index (κ1) is 7.77. The number of fused-ring (bicyclic) bond motifs is 3. The SMILES string of the molecule is Cc1cc2c(s1)Cc1cc(C)sc1-2. The van der Waals surface area contributed by atoms with Crippen LogP contribution in [-0.4, -0.2) is 0 Å². The van der Waals surface area contributed by atoms with Gasteiger partial charge in [-0.05, 0) is 31.5 Å². The zero-order chi connectivity index (χ0) is 9.00. The van der Waals surface area contributed by atoms with E-state index in [2.05, 4.69) is 26.0 Å². The summed E-state index contributed by atoms with van der Waals surface area (Å²) >= 11 is 3.89. The largest absolute Gasteiger partial charge is 0.145 e. The van der Waals surface area contributed by atoms with Crippen LogP contribution in [0, 0.1) is 13.8 Å². The molecule has 0 spiro atoms. The Morgan fingerprint density at radius 1 is 1.08 bits per heavy atom. The number of hydrogen-bond acceptors (Lipinski definition) is 2. The third-order valence-electron chi connectivity index (χ3n) is 2.46. The summed E-state index contributed by atoms with van der Waals surface area (Å²) < 4.78 is 0. The van der Waals surface area contributed by atoms with Gasteiger partial charge in [-0.2, -0.15) is 0 Å². The summed E-state index contributed by atoms with van der Waals surface area (Å²) in [4.78, 5) is 5.98. The molecule has 2 heteroatoms. The fourth-order valence-corrected chi connectivity index (χ4v) is 4.19. The highest BCUT2D eigenvalue weighted by molar-refractivity contribution is 7.17. The van der Waals surface area contributed by atoms with E-state index in [1.54, 1.807) is 10.4 Å². The van der Waals surface area contributed by atoms with Crippen molar-refractivity contribution in [1.82, 2.24) is 0 Å². The van der Waals surface area contributed by atoms with Crippen LogP contribution in [0.1, 0.15) is 20.2 Å². The molecule has 3 rings (SSSR count). The zero-order valence-electron chi connectivity index (χ0n) is 7.68. The molecule has 0 nitrogen and oxygen atoms in total. The lowest BCUT2D eigenvalue weighted by molar-refractivity contribution is 1.32. The molecule has 0 radical (unpaired) electrons. The second kappa shape index (κ2) is 2.46. The first-order valence-corrected chi connectivity index (χ1v) is 6.06. The van der Waals surface area contributed by atoms with Gasteiger partial charge in [-0.1, -0.05) is 0 Å². The Morgan fingerprint density at radius 2 is 1.85 bits per heavy atom. The minimum Gasteiger partial charge on any atom is -0.145 e. The maximum absolute atomic E-state index is 2.34. The number of hydrogen-bond donors (Lipinski definition) is 0. The van der Waals surface area contributed by atoms with Crippen molar-refractivity contribution < 1.29 is 0 Å². The third-order valence-corrected chi connectivity index (χ3v) is 4.64. The highest BCUT2D eigenvalue weighted by Crippen LogP contribution is 2.45. The van der Waals surface area contributed by atoms with E-state index in [4.69, 9.17) is 0 Å². The highest BCUT2D eigenvalue weighted by atomic mass is 32.1. The summed E-state index contributed by atoms with van der Waals surface area (Å²) in [6.07, 6.45) is 1.17. The van der Waals surface area contributed by atoms with Crippen LogP contribution in [0.5, 0.6) is 0 Å². The molecule has 0 saturated heterocycles. The Balaban J connectivity index is 2.28. The molecule has 0 aromatic carbocycles. The van der Waals surface area contributed by atoms with Crippen molar-refractivity contribution >= 4 is 22.7 Å². The predicted octanol–water partition coefficient (Wildman–Crippen LogP) is 4.00. The molecule has 0 fully saturated rings. The number of rotatable bonds is 0. The van der Waals surface area contributed by atoms with Gasteiger partial charge in [-0.15, -0.1) is 22.7 Å². The van der Waals surface area contributed by atoms with Crippen LogP contribution < -0.4 is 0 Å². The van der Waals surface area contributed by atoms with E-state index >= 15 is 0 Å². The fraction of sp³-hybridized carbons (Fsp3) is 0.273. The molecule has 1 aliphatic rings. The zero-order valence-corrected chi connectivity index (χ0v) is 9.31. The molecule has 0 N–H and O–H groups in total. The maximum atomic E-state index is 2.34. The summed E-state index contributed by atoms with van der Waals surface area (Å²) in [6, 6.07) is 4.67. The van der Waals surface area contributed by atoms with Gasteiger partial charge in [0, 0.05) is 31.5 Å². The van der Waals surface area contributed by atoms with Gasteiger partial charge in [0.1, 0.15) is 0 Å². The van der Waals surface area contributed by atoms with E-state index in [0.29, 0.717) is 0 Å². The molecule has 2 aromatic heterocycles. The van der Waals surface area contributed by atoms with E-state index in [1.807, 2.05) is 22.7 Å². The molecular weight excluding hydrogens is 196 g/mol. The molecule has 2 aromatic rings. The lowest BCUT2D eigenvalue weighted by Crippen LogP contribution is -1.72. The van der Waals surface area contributed by atoms with Gasteiger partial charge in [0.15, 0.2) is 0 Å². The van der Waals surface area contributed by atoms with Crippen molar-refractivity contribution in [2.24, 2.45) is 0 Å². The summed E-state index contributed by atoms with van der Waals surface area (Å²) in [5.74, 6) is 0. The van der Waals surface area contributed by atoms with Crippen LogP contribution in [-0.2, 0) is 6.42 Å². The van der Waals surface area contributed by atoms with Gasteiger partial charge in [0.2, 0.25) is 0 Å². The fourth-order valence-electron chi connectivity index (χ4n) is 1.99. The topological polar surface area (TPSA) is 0 Å². The van der Waals surface area contributed by atoms with Crippen LogP contribution >= 0.6 is 22.7 Å². The highest BCUT2D eigenvalue weighted by Gasteiger charge is 2.22. The van der Waals surface area contributed by atoms with Gasteiger partial charge < -0.3 is 0 Å². The third kappa shape index (κ3) is 1.02. The number of thiophene rings is 2. The molecule has 2 heterocycles. The molecule has 1 aliphatic carbocycles. The normalized spacial score (nSPS) is 13.1. The molecule has 0 amide bonds. The van der Waals surface area contributed by atoms with E-state index in [1.165, 1.54) is 26.6 Å². The molecule has 0 unspecified atom stereocenters. The Labute approximate surface area is 85.9 Å². The summed E-state index contributed by atoms with van der Waals surface area (Å²) in [7, 11) is 0. The van der Waals surface area contributed by atoms with Crippen molar-refractivity contribution in [1.29, 1.82) is 0 Å². The molecule has 0 saturated carbocycles. The smallest absolute Gasteiger partial charge is 0.0392 e. The monoisotopic (exact) mass is 206 g/mol. The molecule has 66 valence electrons. The van der Waals surface area contributed by atoms with Crippen molar-refractivity contribution in [2.45, 2.75) is 20.3 Å². The summed E-state index contributed by atoms with van der Waals surface area (Å²) in [5.41, 5.74) is 3.05. The van der Waals surface area contributed by atoms with E-state index in [9.17, 15) is 0 Å². The molecule has 13 heavy (non-hydrogen) atoms. The van der Waals surface area contributed by atoms with Gasteiger partial charge in [-0.25, -0.2) is 0 Å². The van der Waals surface area contributed by atoms with Crippen molar-refractivity contribution in [3.8, 4) is 10.4 Å². The van der Waals surface area contributed by atoms with Gasteiger partial charge >= 0.3 is 0 Å². The molecule has 0 aliphatic heterocycles. The second-order valence-corrected chi connectivity index (χ2v) is 6.18. The molecular formula is C11H10S2. The first-order chi connectivity index (χ1) is 6.24. The van der Waals surface area contributed by atoms with Crippen molar-refractivity contribution in [3.05, 3.63) is 32.3 Å². The van der Waals surface area contributed by atoms with Crippen LogP contribution in [0.2, 0.25) is 0 Å². The molecule has 0 atom stereocenters. The van der Waals surface area contributed by atoms with Crippen LogP contribution in [0.4, 0.5) is 0 Å². The Morgan fingerprint density at radius 3 is 2.69 bits per heavy atom. The van der Waals surface area contributed by atoms with Crippen LogP contribution in [0.3, 0.4) is 0 Å². The van der Waals surface area contributed by atoms with Gasteiger partial charge in [0.05, 0.1) is 0 Å². The van der Waals surface area contributed by atoms with Crippen LogP contribution in [0.15, 0.2) is 12.1 Å². The minimum absolute atomic E-state index is 1.17. The lowest BCUT2D eigenvalue weighted by atomic mass is 10.2. The molecule has 0 bridgehead atoms.